The van der Waals surface area contributed by atoms with Gasteiger partial charge in [0.25, 0.3) is 23.6 Å². The average Bonchev–Trinajstić information content (AvgIpc) is 3.04. The maximum absolute atomic E-state index is 14.4. The van der Waals surface area contributed by atoms with Crippen molar-refractivity contribution in [1.82, 2.24) is 25.8 Å². The lowest BCUT2D eigenvalue weighted by atomic mass is 10.1. The zero-order valence-electron chi connectivity index (χ0n) is 24.9. The lowest BCUT2D eigenvalue weighted by molar-refractivity contribution is -0.171. The van der Waals surface area contributed by atoms with Gasteiger partial charge < -0.3 is 41.3 Å². The third-order valence-electron chi connectivity index (χ3n) is 6.26. The van der Waals surface area contributed by atoms with Crippen LogP contribution in [0.4, 0.5) is 0 Å². The fourth-order valence-electron chi connectivity index (χ4n) is 4.04. The SMILES string of the molecule is O=CN(N(CC(O)CO)C(=O)c1c(I)cc(I)c(C(=O)NCCO)c1I)N(CC(O)CO)C(=O)c1c(I)cc(I)c(C(=O)NCCO)c1I. The van der Waals surface area contributed by atoms with Crippen LogP contribution >= 0.6 is 136 Å². The topological polar surface area (TPSA) is 241 Å². The van der Waals surface area contributed by atoms with Gasteiger partial charge in [0.05, 0.1) is 74.0 Å². The first kappa shape index (κ1) is 45.1. The van der Waals surface area contributed by atoms with Crippen molar-refractivity contribution >= 4 is 166 Å². The summed E-state index contributed by atoms with van der Waals surface area (Å²) in [7, 11) is 0. The molecular weight excluding hydrogens is 1330 g/mol. The van der Waals surface area contributed by atoms with Gasteiger partial charge in [-0.1, -0.05) is 0 Å². The highest BCUT2D eigenvalue weighted by Gasteiger charge is 2.37. The smallest absolute Gasteiger partial charge is 0.276 e. The van der Waals surface area contributed by atoms with Gasteiger partial charge in [-0.3, -0.25) is 24.0 Å². The van der Waals surface area contributed by atoms with Crippen LogP contribution in [0.1, 0.15) is 41.4 Å². The van der Waals surface area contributed by atoms with Crippen molar-refractivity contribution < 1.29 is 54.6 Å². The van der Waals surface area contributed by atoms with E-state index in [0.717, 1.165) is 0 Å². The van der Waals surface area contributed by atoms with E-state index in [4.69, 9.17) is 0 Å². The summed E-state index contributed by atoms with van der Waals surface area (Å²) in [6, 6.07) is 3.04. The van der Waals surface area contributed by atoms with Crippen LogP contribution in [0.3, 0.4) is 0 Å². The van der Waals surface area contributed by atoms with Crippen molar-refractivity contribution in [1.29, 1.82) is 0 Å². The second-order valence-electron chi connectivity index (χ2n) is 9.64. The normalized spacial score (nSPS) is 12.2. The molecule has 8 N–H and O–H groups in total. The van der Waals surface area contributed by atoms with Crippen LogP contribution in [0.25, 0.3) is 0 Å². The maximum Gasteiger partial charge on any atom is 0.276 e. The van der Waals surface area contributed by atoms with Crippen LogP contribution in [-0.2, 0) is 4.79 Å². The number of hydrogen-bond acceptors (Lipinski definition) is 11. The largest absolute Gasteiger partial charge is 0.395 e. The third kappa shape index (κ3) is 11.5. The number of nitrogens with one attached hydrogen (secondary N) is 2. The van der Waals surface area contributed by atoms with E-state index in [1.807, 2.05) is 90.4 Å². The Balaban J connectivity index is 2.85. The minimum absolute atomic E-state index is 0.0621. The number of rotatable bonds is 17. The molecule has 0 saturated carbocycles. The summed E-state index contributed by atoms with van der Waals surface area (Å²) in [5.41, 5.74) is -0.0528. The summed E-state index contributed by atoms with van der Waals surface area (Å²) in [4.78, 5) is 67.7. The minimum atomic E-state index is -1.64. The quantitative estimate of drug-likeness (QED) is 0.0611. The van der Waals surface area contributed by atoms with Gasteiger partial charge in [-0.25, -0.2) is 10.0 Å². The Kier molecular flexibility index (Phi) is 19.9. The predicted octanol–water partition coefficient (Wildman–Crippen LogP) is 0.338. The number of nitrogens with zero attached hydrogens (tertiary/aromatic N) is 3. The first-order valence-corrected chi connectivity index (χ1v) is 20.2. The Labute approximate surface area is 361 Å². The second-order valence-corrected chi connectivity index (χ2v) is 16.4. The van der Waals surface area contributed by atoms with Crippen molar-refractivity contribution in [2.24, 2.45) is 0 Å². The minimum Gasteiger partial charge on any atom is -0.395 e. The second kappa shape index (κ2) is 21.6. The zero-order valence-corrected chi connectivity index (χ0v) is 37.8. The van der Waals surface area contributed by atoms with Crippen LogP contribution in [-0.4, -0.2) is 141 Å². The molecular formula is C27H29I6N5O11. The molecule has 2 aromatic carbocycles. The van der Waals surface area contributed by atoms with E-state index >= 15 is 0 Å². The van der Waals surface area contributed by atoms with E-state index in [-0.39, 0.29) is 62.1 Å². The molecule has 0 saturated heterocycles. The van der Waals surface area contributed by atoms with Gasteiger partial charge in [-0.05, 0) is 148 Å². The third-order valence-corrected chi connectivity index (χ3v) is 11.8. The average molecular weight is 1360 g/mol. The lowest BCUT2D eigenvalue weighted by Gasteiger charge is -2.41. The predicted molar refractivity (Wildman–Crippen MR) is 224 cm³/mol. The van der Waals surface area contributed by atoms with Crippen molar-refractivity contribution in [3.63, 3.8) is 0 Å². The molecule has 0 aliphatic rings. The Bertz CT molecular complexity index is 1460. The molecule has 49 heavy (non-hydrogen) atoms. The number of halogens is 6. The van der Waals surface area contributed by atoms with E-state index < -0.39 is 62.1 Å². The molecule has 0 bridgehead atoms. The van der Waals surface area contributed by atoms with E-state index in [2.05, 4.69) is 10.6 Å². The summed E-state index contributed by atoms with van der Waals surface area (Å²) in [6.45, 7) is -4.06. The summed E-state index contributed by atoms with van der Waals surface area (Å²) in [5.74, 6) is -3.19. The number of aliphatic hydroxyl groups excluding tert-OH is 6. The van der Waals surface area contributed by atoms with Gasteiger partial charge in [0.1, 0.15) is 0 Å². The van der Waals surface area contributed by atoms with E-state index in [1.165, 1.54) is 12.1 Å². The monoisotopic (exact) mass is 1360 g/mol. The van der Waals surface area contributed by atoms with Crippen molar-refractivity contribution in [2.45, 2.75) is 12.2 Å². The molecule has 0 aliphatic heterocycles. The fourth-order valence-corrected chi connectivity index (χ4v) is 12.7. The molecule has 2 atom stereocenters. The molecule has 2 aromatic rings. The summed E-state index contributed by atoms with van der Waals surface area (Å²) >= 11 is 11.0. The van der Waals surface area contributed by atoms with Gasteiger partial charge in [0.2, 0.25) is 6.41 Å². The molecule has 270 valence electrons. The van der Waals surface area contributed by atoms with Crippen LogP contribution in [0, 0.1) is 21.4 Å². The van der Waals surface area contributed by atoms with Gasteiger partial charge in [0, 0.05) is 34.5 Å². The molecule has 0 fully saturated rings. The highest BCUT2D eigenvalue weighted by Crippen LogP contribution is 2.32. The summed E-state index contributed by atoms with van der Waals surface area (Å²) < 4.78 is 1.82. The Morgan fingerprint density at radius 1 is 0.633 bits per heavy atom. The zero-order chi connectivity index (χ0) is 37.2. The molecule has 0 aliphatic carbocycles. The Hall–Kier alpha value is -0.0700. The molecule has 0 radical (unpaired) electrons. The van der Waals surface area contributed by atoms with Gasteiger partial charge in [-0.15, -0.1) is 0 Å². The molecule has 5 amide bonds. The number of aliphatic hydroxyl groups is 6. The highest BCUT2D eigenvalue weighted by atomic mass is 127. The number of hydrazine groups is 2. The lowest BCUT2D eigenvalue weighted by Crippen LogP contribution is -2.60. The first-order chi connectivity index (χ1) is 23.1. The van der Waals surface area contributed by atoms with Crippen molar-refractivity contribution in [2.75, 3.05) is 52.6 Å². The number of benzene rings is 2. The number of carbonyl (C=O) groups excluding carboxylic acids is 5. The molecule has 2 unspecified atom stereocenters. The number of amides is 5. The van der Waals surface area contributed by atoms with E-state index in [0.29, 0.717) is 29.4 Å². The van der Waals surface area contributed by atoms with Crippen molar-refractivity contribution in [3.8, 4) is 0 Å². The van der Waals surface area contributed by atoms with Crippen LogP contribution < -0.4 is 10.6 Å². The van der Waals surface area contributed by atoms with Crippen LogP contribution in [0.5, 0.6) is 0 Å². The molecule has 2 rings (SSSR count). The van der Waals surface area contributed by atoms with Gasteiger partial charge >= 0.3 is 0 Å². The highest BCUT2D eigenvalue weighted by molar-refractivity contribution is 14.1. The Morgan fingerprint density at radius 3 is 1.24 bits per heavy atom. The number of hydrogen-bond donors (Lipinski definition) is 8. The van der Waals surface area contributed by atoms with E-state index in [9.17, 15) is 54.6 Å². The first-order valence-electron chi connectivity index (χ1n) is 13.7. The molecule has 0 heterocycles. The maximum atomic E-state index is 14.4. The molecule has 16 nitrogen and oxygen atoms in total. The summed E-state index contributed by atoms with van der Waals surface area (Å²) in [6.07, 6.45) is -3.22. The standard InChI is InChI=1S/C27H29I6N5O11/c28-14-5-16(30)20(22(32)18(14)24(46)34-1-3-39)26(48)36(7-12(44)9-41)38(11-43)37(8-13(45)10-42)27(49)21-17(31)6-15(29)19(23(21)33)25(47)35-2-4-40/h5-6,11-13,39-42,44-45H,1-4,7-10H2,(H,34,46)(H,35,47). The van der Waals surface area contributed by atoms with Gasteiger partial charge in [0.15, 0.2) is 0 Å². The van der Waals surface area contributed by atoms with E-state index in [1.54, 1.807) is 45.2 Å². The van der Waals surface area contributed by atoms with Crippen LogP contribution in [0.15, 0.2) is 12.1 Å². The fraction of sp³-hybridized carbons (Fsp3) is 0.370. The molecule has 0 aromatic heterocycles. The molecule has 22 heteroatoms. The number of carbonyl (C=O) groups is 5. The van der Waals surface area contributed by atoms with Crippen LogP contribution in [0.2, 0.25) is 0 Å². The summed E-state index contributed by atoms with van der Waals surface area (Å²) in [5, 5.41) is 65.6. The van der Waals surface area contributed by atoms with Crippen molar-refractivity contribution in [3.05, 3.63) is 55.8 Å². The molecule has 0 spiro atoms. The Morgan fingerprint density at radius 2 is 0.959 bits per heavy atom. The van der Waals surface area contributed by atoms with Gasteiger partial charge in [-0.2, -0.15) is 5.12 Å².